The van der Waals surface area contributed by atoms with Crippen molar-refractivity contribution >= 4 is 19.7 Å². The van der Waals surface area contributed by atoms with Crippen molar-refractivity contribution in [3.8, 4) is 0 Å². The number of esters is 1. The molecule has 0 aliphatic carbocycles. The maximum Gasteiger partial charge on any atom is 0.472 e. The molecule has 0 bridgehead atoms. The van der Waals surface area contributed by atoms with E-state index in [9.17, 15) is 19.0 Å². The maximum atomic E-state index is 13.5. The van der Waals surface area contributed by atoms with Crippen molar-refractivity contribution in [1.82, 2.24) is 5.32 Å². The summed E-state index contributed by atoms with van der Waals surface area (Å²) in [4.78, 5) is 37.6. The van der Waals surface area contributed by atoms with E-state index in [1.54, 1.807) is 0 Å². The third kappa shape index (κ3) is 51.0. The predicted molar refractivity (Wildman–Crippen MR) is 296 cm³/mol. The summed E-state index contributed by atoms with van der Waals surface area (Å²) >= 11 is 0. The lowest BCUT2D eigenvalue weighted by Gasteiger charge is -2.27. The number of phosphoric acid groups is 1. The molecule has 406 valence electrons. The van der Waals surface area contributed by atoms with E-state index in [1.807, 2.05) is 33.3 Å². The Balaban J connectivity index is 5.34. The minimum absolute atomic E-state index is 0.0393. The number of hydrogen-bond donors (Lipinski definition) is 2. The average molecular weight is 995 g/mol. The number of nitrogens with one attached hydrogen (secondary N) is 1. The second-order valence-electron chi connectivity index (χ2n) is 21.2. The highest BCUT2D eigenvalue weighted by Crippen LogP contribution is 2.43. The second kappa shape index (κ2) is 49.8. The topological polar surface area (TPSA) is 111 Å². The molecule has 1 amide bonds. The third-order valence-electron chi connectivity index (χ3n) is 13.1. The van der Waals surface area contributed by atoms with Gasteiger partial charge in [-0.15, -0.1) is 0 Å². The Morgan fingerprint density at radius 3 is 1.25 bits per heavy atom. The van der Waals surface area contributed by atoms with Crippen LogP contribution >= 0.6 is 7.82 Å². The fourth-order valence-electron chi connectivity index (χ4n) is 8.46. The van der Waals surface area contributed by atoms with Gasteiger partial charge in [0.1, 0.15) is 19.3 Å². The molecule has 0 aliphatic rings. The van der Waals surface area contributed by atoms with Crippen molar-refractivity contribution in [2.75, 3.05) is 40.9 Å². The predicted octanol–water partition coefficient (Wildman–Crippen LogP) is 17.6. The van der Waals surface area contributed by atoms with Crippen molar-refractivity contribution in [3.05, 3.63) is 36.5 Å². The first-order chi connectivity index (χ1) is 33.4. The molecule has 9 nitrogen and oxygen atoms in total. The lowest BCUT2D eigenvalue weighted by Crippen LogP contribution is -2.47. The molecule has 0 heterocycles. The number of hydrogen-bond acceptors (Lipinski definition) is 6. The van der Waals surface area contributed by atoms with E-state index in [1.165, 1.54) is 161 Å². The smallest absolute Gasteiger partial charge is 0.456 e. The Bertz CT molecular complexity index is 1280. The Labute approximate surface area is 427 Å². The van der Waals surface area contributed by atoms with Crippen LogP contribution < -0.4 is 5.32 Å². The zero-order valence-electron chi connectivity index (χ0n) is 46.3. The Kier molecular flexibility index (Phi) is 48.5. The van der Waals surface area contributed by atoms with Crippen LogP contribution in [0.5, 0.6) is 0 Å². The highest BCUT2D eigenvalue weighted by atomic mass is 31.2. The highest BCUT2D eigenvalue weighted by molar-refractivity contribution is 7.47. The second-order valence-corrected chi connectivity index (χ2v) is 22.6. The summed E-state index contributed by atoms with van der Waals surface area (Å²) in [5.41, 5.74) is 0. The van der Waals surface area contributed by atoms with E-state index in [0.29, 0.717) is 17.4 Å². The van der Waals surface area contributed by atoms with Crippen LogP contribution in [-0.4, -0.2) is 74.3 Å². The molecule has 2 N–H and O–H groups in total. The molecule has 0 aliphatic heterocycles. The SMILES string of the molecule is CCCCCC/C=C\CCCCCCCCCC(=O)OC(/C=C/CCCCCCCCCCCC)C(COP(=O)(O)OCC[N+](C)(C)C)NC(=O)CCCCCCC/C=C/CCCCCCCCC. The summed E-state index contributed by atoms with van der Waals surface area (Å²) in [6.45, 7) is 7.00. The molecule has 0 aromatic rings. The number of allylic oxidation sites excluding steroid dienone is 5. The number of ether oxygens (including phenoxy) is 1. The lowest BCUT2D eigenvalue weighted by molar-refractivity contribution is -0.870. The fourth-order valence-corrected chi connectivity index (χ4v) is 9.19. The van der Waals surface area contributed by atoms with Crippen molar-refractivity contribution in [2.24, 2.45) is 0 Å². The molecule has 0 aromatic heterocycles. The number of quaternary nitrogens is 1. The Hall–Kier alpha value is -1.77. The van der Waals surface area contributed by atoms with E-state index < -0.39 is 20.0 Å². The molecule has 3 unspecified atom stereocenters. The van der Waals surface area contributed by atoms with Gasteiger partial charge in [-0.2, -0.15) is 0 Å². The van der Waals surface area contributed by atoms with Crippen LogP contribution in [0.25, 0.3) is 0 Å². The quantitative estimate of drug-likeness (QED) is 0.0205. The van der Waals surface area contributed by atoms with E-state index in [4.69, 9.17) is 13.8 Å². The normalized spacial score (nSPS) is 14.0. The fraction of sp³-hybridized carbons (Fsp3) is 0.864. The van der Waals surface area contributed by atoms with Gasteiger partial charge in [-0.1, -0.05) is 218 Å². The first kappa shape index (κ1) is 67.2. The van der Waals surface area contributed by atoms with E-state index in [-0.39, 0.29) is 31.5 Å². The van der Waals surface area contributed by atoms with Gasteiger partial charge in [-0.25, -0.2) is 4.57 Å². The standard InChI is InChI=1S/C59H113N2O7P/c1-7-10-13-16-19-22-25-28-30-32-33-36-39-42-45-48-51-58(62)60-56(55-67-69(64,65)66-54-53-61(4,5)6)57(50-47-44-41-38-35-27-24-21-18-15-12-9-3)68-59(63)52-49-46-43-40-37-34-31-29-26-23-20-17-14-11-8-2/h23,26,30,32,47,50,56-57H,7-22,24-25,27-29,31,33-46,48-49,51-55H2,1-6H3,(H-,60,62,64,65)/p+1/b26-23-,32-30+,50-47+. The van der Waals surface area contributed by atoms with Gasteiger partial charge in [0.25, 0.3) is 0 Å². The van der Waals surface area contributed by atoms with Gasteiger partial charge >= 0.3 is 13.8 Å². The van der Waals surface area contributed by atoms with Gasteiger partial charge in [-0.05, 0) is 83.1 Å². The van der Waals surface area contributed by atoms with Gasteiger partial charge in [0.2, 0.25) is 5.91 Å². The number of unbranched alkanes of at least 4 members (excludes halogenated alkanes) is 33. The van der Waals surface area contributed by atoms with Gasteiger partial charge in [0.05, 0.1) is 33.8 Å². The molecule has 0 radical (unpaired) electrons. The number of carbonyl (C=O) groups is 2. The summed E-state index contributed by atoms with van der Waals surface area (Å²) < 4.78 is 30.6. The third-order valence-corrected chi connectivity index (χ3v) is 14.0. The van der Waals surface area contributed by atoms with Gasteiger partial charge in [0, 0.05) is 12.8 Å². The zero-order valence-corrected chi connectivity index (χ0v) is 47.2. The minimum Gasteiger partial charge on any atom is -0.456 e. The molecule has 10 heteroatoms. The lowest BCUT2D eigenvalue weighted by atomic mass is 10.0. The number of carbonyl (C=O) groups excluding carboxylic acids is 2. The Morgan fingerprint density at radius 1 is 0.493 bits per heavy atom. The average Bonchev–Trinajstić information content (AvgIpc) is 3.31. The molecular formula is C59H114N2O7P+. The number of phosphoric ester groups is 1. The molecule has 0 aromatic carbocycles. The summed E-state index contributed by atoms with van der Waals surface area (Å²) in [7, 11) is 1.49. The largest absolute Gasteiger partial charge is 0.472 e. The molecule has 0 saturated heterocycles. The van der Waals surface area contributed by atoms with Gasteiger partial charge in [0.15, 0.2) is 0 Å². The molecule has 0 saturated carbocycles. The summed E-state index contributed by atoms with van der Waals surface area (Å²) in [6, 6.07) is -0.850. The number of likely N-dealkylation sites (N-methyl/N-ethyl adjacent to an activating group) is 1. The van der Waals surface area contributed by atoms with Crippen LogP contribution in [0.1, 0.15) is 278 Å². The molecule has 3 atom stereocenters. The van der Waals surface area contributed by atoms with Crippen molar-refractivity contribution in [3.63, 3.8) is 0 Å². The monoisotopic (exact) mass is 994 g/mol. The first-order valence-electron chi connectivity index (χ1n) is 29.3. The van der Waals surface area contributed by atoms with Crippen LogP contribution in [0, 0.1) is 0 Å². The summed E-state index contributed by atoms with van der Waals surface area (Å²) in [5.74, 6) is -0.512. The van der Waals surface area contributed by atoms with Crippen LogP contribution in [0.3, 0.4) is 0 Å². The Morgan fingerprint density at radius 2 is 0.841 bits per heavy atom. The highest BCUT2D eigenvalue weighted by Gasteiger charge is 2.30. The van der Waals surface area contributed by atoms with Crippen molar-refractivity contribution in [1.29, 1.82) is 0 Å². The number of amides is 1. The van der Waals surface area contributed by atoms with Crippen LogP contribution in [0.15, 0.2) is 36.5 Å². The van der Waals surface area contributed by atoms with E-state index in [2.05, 4.69) is 50.4 Å². The summed E-state index contributed by atoms with van der Waals surface area (Å²) in [6.07, 6.45) is 58.4. The van der Waals surface area contributed by atoms with Crippen molar-refractivity contribution < 1.29 is 37.3 Å². The van der Waals surface area contributed by atoms with Crippen LogP contribution in [-0.2, 0) is 27.9 Å². The van der Waals surface area contributed by atoms with Gasteiger partial charge in [-0.3, -0.25) is 18.6 Å². The van der Waals surface area contributed by atoms with Crippen LogP contribution in [0.4, 0.5) is 0 Å². The van der Waals surface area contributed by atoms with Crippen molar-refractivity contribution in [2.45, 2.75) is 290 Å². The maximum absolute atomic E-state index is 13.5. The summed E-state index contributed by atoms with van der Waals surface area (Å²) in [5, 5.41) is 3.05. The zero-order chi connectivity index (χ0) is 50.8. The van der Waals surface area contributed by atoms with Gasteiger partial charge < -0.3 is 19.4 Å². The molecule has 0 fully saturated rings. The minimum atomic E-state index is -4.44. The molecular weight excluding hydrogens is 880 g/mol. The molecule has 0 spiro atoms. The molecule has 69 heavy (non-hydrogen) atoms. The molecule has 0 rings (SSSR count). The number of rotatable bonds is 53. The van der Waals surface area contributed by atoms with E-state index >= 15 is 0 Å². The number of nitrogens with zero attached hydrogens (tertiary/aromatic N) is 1. The van der Waals surface area contributed by atoms with E-state index in [0.717, 1.165) is 83.5 Å². The van der Waals surface area contributed by atoms with Crippen LogP contribution in [0.2, 0.25) is 0 Å². The first-order valence-corrected chi connectivity index (χ1v) is 30.8.